The first kappa shape index (κ1) is 20.9. The highest BCUT2D eigenvalue weighted by atomic mass is 32.2. The molecular weight excluding hydrogens is 468 g/mol. The van der Waals surface area contributed by atoms with Crippen LogP contribution in [0.5, 0.6) is 0 Å². The van der Waals surface area contributed by atoms with Crippen molar-refractivity contribution < 1.29 is 0 Å². The summed E-state index contributed by atoms with van der Waals surface area (Å²) in [5, 5.41) is 2.67. The van der Waals surface area contributed by atoms with Crippen LogP contribution in [-0.2, 0) is 6.42 Å². The molecule has 1 N–H and O–H groups in total. The second-order valence-corrected chi connectivity index (χ2v) is 10.9. The Hall–Kier alpha value is -4.21. The zero-order chi connectivity index (χ0) is 24.3. The first-order chi connectivity index (χ1) is 18.3. The van der Waals surface area contributed by atoms with E-state index in [-0.39, 0.29) is 0 Å². The third kappa shape index (κ3) is 3.21. The van der Waals surface area contributed by atoms with Crippen LogP contribution in [0.1, 0.15) is 17.5 Å². The summed E-state index contributed by atoms with van der Waals surface area (Å²) in [5.74, 6) is 0. The van der Waals surface area contributed by atoms with E-state index in [0.29, 0.717) is 0 Å². The van der Waals surface area contributed by atoms with Gasteiger partial charge in [-0.1, -0.05) is 78.5 Å². The Balaban J connectivity index is 1.35. The van der Waals surface area contributed by atoms with Crippen molar-refractivity contribution in [3.8, 4) is 11.1 Å². The van der Waals surface area contributed by atoms with Gasteiger partial charge >= 0.3 is 0 Å². The molecular formula is C34H24N2S. The van der Waals surface area contributed by atoms with Gasteiger partial charge in [-0.15, -0.1) is 0 Å². The lowest BCUT2D eigenvalue weighted by molar-refractivity contribution is 0.990. The highest BCUT2D eigenvalue weighted by Crippen LogP contribution is 2.52. The monoisotopic (exact) mass is 492 g/mol. The third-order valence-electron chi connectivity index (χ3n) is 7.64. The van der Waals surface area contributed by atoms with Gasteiger partial charge in [0.05, 0.1) is 11.4 Å². The minimum Gasteiger partial charge on any atom is -0.354 e. The first-order valence-electron chi connectivity index (χ1n) is 12.8. The lowest BCUT2D eigenvalue weighted by Crippen LogP contribution is -2.14. The largest absolute Gasteiger partial charge is 0.354 e. The highest BCUT2D eigenvalue weighted by molar-refractivity contribution is 7.99. The average Bonchev–Trinajstić information content (AvgIpc) is 3.35. The Morgan fingerprint density at radius 2 is 1.51 bits per heavy atom. The van der Waals surface area contributed by atoms with Gasteiger partial charge in [0.1, 0.15) is 0 Å². The van der Waals surface area contributed by atoms with Crippen molar-refractivity contribution in [3.05, 3.63) is 120 Å². The van der Waals surface area contributed by atoms with Crippen LogP contribution in [0.3, 0.4) is 0 Å². The second-order valence-electron chi connectivity index (χ2n) is 9.78. The van der Waals surface area contributed by atoms with E-state index in [4.69, 9.17) is 0 Å². The van der Waals surface area contributed by atoms with Gasteiger partial charge in [-0.3, -0.25) is 0 Å². The van der Waals surface area contributed by atoms with Crippen molar-refractivity contribution in [2.75, 3.05) is 4.90 Å². The lowest BCUT2D eigenvalue weighted by atomic mass is 9.91. The molecule has 1 aromatic heterocycles. The molecule has 6 aromatic rings. The molecule has 3 heteroatoms. The van der Waals surface area contributed by atoms with E-state index in [0.717, 1.165) is 12.8 Å². The van der Waals surface area contributed by atoms with E-state index in [1.54, 1.807) is 0 Å². The van der Waals surface area contributed by atoms with Gasteiger partial charge in [0.25, 0.3) is 0 Å². The predicted octanol–water partition coefficient (Wildman–Crippen LogP) is 9.88. The number of H-pyrrole nitrogens is 1. The molecule has 37 heavy (non-hydrogen) atoms. The number of aromatic amines is 1. The van der Waals surface area contributed by atoms with Crippen molar-refractivity contribution >= 4 is 56.7 Å². The van der Waals surface area contributed by atoms with E-state index >= 15 is 0 Å². The van der Waals surface area contributed by atoms with Crippen LogP contribution in [0, 0.1) is 0 Å². The summed E-state index contributed by atoms with van der Waals surface area (Å²) in [6.45, 7) is 0. The zero-order valence-electron chi connectivity index (χ0n) is 20.2. The minimum absolute atomic E-state index is 1.11. The molecule has 0 radical (unpaired) electrons. The quantitative estimate of drug-likeness (QED) is 0.259. The molecule has 1 aliphatic carbocycles. The topological polar surface area (TPSA) is 19.0 Å². The normalized spacial score (nSPS) is 14.0. The Bertz CT molecular complexity index is 1860. The van der Waals surface area contributed by atoms with Gasteiger partial charge in [-0.25, -0.2) is 0 Å². The number of hydrogen-bond acceptors (Lipinski definition) is 2. The van der Waals surface area contributed by atoms with Crippen LogP contribution >= 0.6 is 11.8 Å². The van der Waals surface area contributed by atoms with Crippen LogP contribution in [0.4, 0.5) is 17.1 Å². The fraction of sp³-hybridized carbons (Fsp3) is 0.0588. The van der Waals surface area contributed by atoms with Crippen LogP contribution in [0.25, 0.3) is 39.0 Å². The first-order valence-corrected chi connectivity index (χ1v) is 13.7. The summed E-state index contributed by atoms with van der Waals surface area (Å²) < 4.78 is 0. The molecule has 5 aromatic carbocycles. The molecule has 2 heterocycles. The molecule has 0 spiro atoms. The van der Waals surface area contributed by atoms with Crippen molar-refractivity contribution in [1.29, 1.82) is 0 Å². The van der Waals surface area contributed by atoms with E-state index in [2.05, 4.69) is 125 Å². The van der Waals surface area contributed by atoms with Gasteiger partial charge in [0.2, 0.25) is 0 Å². The number of nitrogens with zero attached hydrogens (tertiary/aromatic N) is 1. The average molecular weight is 493 g/mol. The summed E-state index contributed by atoms with van der Waals surface area (Å²) >= 11 is 1.86. The summed E-state index contributed by atoms with van der Waals surface area (Å²) in [6.07, 6.45) is 6.87. The number of aryl methyl sites for hydroxylation is 1. The third-order valence-corrected chi connectivity index (χ3v) is 8.75. The maximum absolute atomic E-state index is 3.69. The number of hydrogen-bond donors (Lipinski definition) is 1. The smallest absolute Gasteiger partial charge is 0.0602 e. The van der Waals surface area contributed by atoms with Gasteiger partial charge in [0, 0.05) is 37.3 Å². The van der Waals surface area contributed by atoms with Crippen molar-refractivity contribution in [2.24, 2.45) is 0 Å². The van der Waals surface area contributed by atoms with E-state index < -0.39 is 0 Å². The van der Waals surface area contributed by atoms with Gasteiger partial charge in [0.15, 0.2) is 0 Å². The van der Waals surface area contributed by atoms with Crippen molar-refractivity contribution in [1.82, 2.24) is 4.98 Å². The molecule has 0 saturated carbocycles. The van der Waals surface area contributed by atoms with E-state index in [1.807, 2.05) is 11.8 Å². The van der Waals surface area contributed by atoms with Crippen molar-refractivity contribution in [2.45, 2.75) is 22.6 Å². The van der Waals surface area contributed by atoms with Gasteiger partial charge in [-0.05, 0) is 83.6 Å². The van der Waals surface area contributed by atoms with Crippen LogP contribution in [0.2, 0.25) is 0 Å². The second kappa shape index (κ2) is 8.16. The molecule has 0 atom stereocenters. The molecule has 2 aliphatic rings. The molecule has 1 aliphatic heterocycles. The zero-order valence-corrected chi connectivity index (χ0v) is 21.1. The number of nitrogens with one attached hydrogen (secondary N) is 1. The molecule has 0 amide bonds. The van der Waals surface area contributed by atoms with Crippen molar-refractivity contribution in [3.63, 3.8) is 0 Å². The number of aromatic nitrogens is 1. The highest BCUT2D eigenvalue weighted by Gasteiger charge is 2.25. The Labute approximate surface area is 220 Å². The maximum atomic E-state index is 3.69. The Morgan fingerprint density at radius 3 is 2.46 bits per heavy atom. The molecule has 2 nitrogen and oxygen atoms in total. The maximum Gasteiger partial charge on any atom is 0.0602 e. The molecule has 0 saturated heterocycles. The fourth-order valence-electron chi connectivity index (χ4n) is 5.98. The van der Waals surface area contributed by atoms with E-state index in [9.17, 15) is 0 Å². The summed E-state index contributed by atoms with van der Waals surface area (Å²) in [6, 6.07) is 37.6. The van der Waals surface area contributed by atoms with Crippen LogP contribution in [0.15, 0.2) is 119 Å². The summed E-state index contributed by atoms with van der Waals surface area (Å²) in [7, 11) is 0. The number of para-hydroxylation sites is 2. The fourth-order valence-corrected chi connectivity index (χ4v) is 7.07. The van der Waals surface area contributed by atoms with Crippen LogP contribution in [-0.4, -0.2) is 4.98 Å². The lowest BCUT2D eigenvalue weighted by Gasteiger charge is -2.33. The minimum atomic E-state index is 1.11. The number of anilines is 3. The summed E-state index contributed by atoms with van der Waals surface area (Å²) in [4.78, 5) is 8.64. The molecule has 8 rings (SSSR count). The van der Waals surface area contributed by atoms with E-state index in [1.165, 1.54) is 70.9 Å². The summed E-state index contributed by atoms with van der Waals surface area (Å²) in [5.41, 5.74) is 11.4. The molecule has 176 valence electrons. The Kier molecular flexibility index (Phi) is 4.61. The van der Waals surface area contributed by atoms with Gasteiger partial charge in [-0.2, -0.15) is 0 Å². The molecule has 0 bridgehead atoms. The standard InChI is InChI=1S/C34H24N2S/c1-2-10-24(11-3-1)36-29-15-6-7-16-31(29)37-32-21-23(18-20-30(32)36)26-13-8-14-27-34(26)33-25-12-5-4-9-22(25)17-19-28(33)35-27/h1-3,5-8,10-21,35H,4,9H2. The van der Waals surface area contributed by atoms with Gasteiger partial charge < -0.3 is 9.88 Å². The predicted molar refractivity (Wildman–Crippen MR) is 157 cm³/mol. The number of fused-ring (bicyclic) bond motifs is 7. The SMILES string of the molecule is C1=Cc2c(ccc3[nH]c4cccc(-c5ccc6c(c5)Sc5ccccc5N6c5ccccc5)c4c23)CC1. The number of rotatable bonds is 2. The number of allylic oxidation sites excluding steroid dienone is 1. The van der Waals surface area contributed by atoms with Crippen LogP contribution < -0.4 is 4.90 Å². The number of benzene rings is 5. The molecule has 0 fully saturated rings. The Morgan fingerprint density at radius 1 is 0.676 bits per heavy atom. The molecule has 0 unspecified atom stereocenters.